The Bertz CT molecular complexity index is 724. The van der Waals surface area contributed by atoms with Crippen molar-refractivity contribution in [3.05, 3.63) is 53.6 Å². The average Bonchev–Trinajstić information content (AvgIpc) is 2.55. The minimum Gasteiger partial charge on any atom is -0.508 e. The summed E-state index contributed by atoms with van der Waals surface area (Å²) in [5.74, 6) is 0.445. The van der Waals surface area contributed by atoms with Gasteiger partial charge >= 0.3 is 0 Å². The van der Waals surface area contributed by atoms with E-state index in [2.05, 4.69) is 24.4 Å². The molecule has 126 valence electrons. The van der Waals surface area contributed by atoms with Crippen LogP contribution in [0.2, 0.25) is 0 Å². The van der Waals surface area contributed by atoms with Gasteiger partial charge in [0.05, 0.1) is 6.21 Å². The Balaban J connectivity index is 1.81. The van der Waals surface area contributed by atoms with Crippen LogP contribution in [0.25, 0.3) is 0 Å². The number of phenolic OH excluding ortho intramolecular Hbond substituents is 2. The Labute approximate surface area is 140 Å². The maximum absolute atomic E-state index is 11.7. The Morgan fingerprint density at radius 2 is 1.92 bits per heavy atom. The summed E-state index contributed by atoms with van der Waals surface area (Å²) in [5, 5.41) is 22.5. The maximum Gasteiger partial charge on any atom is 0.277 e. The third-order valence-electron chi connectivity index (χ3n) is 3.32. The van der Waals surface area contributed by atoms with Crippen molar-refractivity contribution >= 4 is 12.1 Å². The first-order chi connectivity index (χ1) is 11.5. The highest BCUT2D eigenvalue weighted by Gasteiger charge is 2.04. The average molecular weight is 328 g/mol. The van der Waals surface area contributed by atoms with E-state index in [9.17, 15) is 15.0 Å². The molecule has 0 unspecified atom stereocenters. The summed E-state index contributed by atoms with van der Waals surface area (Å²) >= 11 is 0. The molecule has 0 aliphatic heterocycles. The summed E-state index contributed by atoms with van der Waals surface area (Å²) in [7, 11) is 0. The first-order valence-electron chi connectivity index (χ1n) is 7.52. The minimum atomic E-state index is -0.419. The van der Waals surface area contributed by atoms with Crippen molar-refractivity contribution in [3.63, 3.8) is 0 Å². The van der Waals surface area contributed by atoms with Gasteiger partial charge in [0, 0.05) is 11.6 Å². The molecule has 0 aromatic heterocycles. The first-order valence-corrected chi connectivity index (χ1v) is 7.52. The molecule has 24 heavy (non-hydrogen) atoms. The summed E-state index contributed by atoms with van der Waals surface area (Å²) in [5.41, 5.74) is 3.88. The molecule has 0 spiro atoms. The molecule has 0 atom stereocenters. The molecule has 6 nitrogen and oxygen atoms in total. The van der Waals surface area contributed by atoms with E-state index in [-0.39, 0.29) is 18.1 Å². The van der Waals surface area contributed by atoms with E-state index >= 15 is 0 Å². The number of carbonyl (C=O) groups excluding carboxylic acids is 1. The smallest absolute Gasteiger partial charge is 0.277 e. The second kappa shape index (κ2) is 8.01. The van der Waals surface area contributed by atoms with Crippen LogP contribution >= 0.6 is 0 Å². The van der Waals surface area contributed by atoms with E-state index in [0.717, 1.165) is 0 Å². The predicted octanol–water partition coefficient (Wildman–Crippen LogP) is 2.75. The topological polar surface area (TPSA) is 91.2 Å². The summed E-state index contributed by atoms with van der Waals surface area (Å²) in [4.78, 5) is 11.7. The zero-order valence-corrected chi connectivity index (χ0v) is 13.6. The van der Waals surface area contributed by atoms with Crippen molar-refractivity contribution < 1.29 is 19.7 Å². The van der Waals surface area contributed by atoms with Crippen LogP contribution in [0.15, 0.2) is 47.6 Å². The van der Waals surface area contributed by atoms with E-state index in [1.165, 1.54) is 30.0 Å². The summed E-state index contributed by atoms with van der Waals surface area (Å²) in [6, 6.07) is 11.6. The first kappa shape index (κ1) is 17.3. The standard InChI is InChI=1S/C18H20N2O4/c1-12(2)13-4-7-16(8-5-13)24-11-18(23)20-19-10-14-3-6-15(21)9-17(14)22/h3-10,12,21-22H,11H2,1-2H3,(H,20,23)/b19-10+. The van der Waals surface area contributed by atoms with Gasteiger partial charge in [0.2, 0.25) is 0 Å². The molecular weight excluding hydrogens is 308 g/mol. The third-order valence-corrected chi connectivity index (χ3v) is 3.32. The summed E-state index contributed by atoms with van der Waals surface area (Å²) in [6.45, 7) is 4.04. The van der Waals surface area contributed by atoms with Crippen LogP contribution in [0.3, 0.4) is 0 Å². The molecule has 2 aromatic carbocycles. The fourth-order valence-electron chi connectivity index (χ4n) is 1.95. The fraction of sp³-hybridized carbons (Fsp3) is 0.222. The van der Waals surface area contributed by atoms with Crippen molar-refractivity contribution in [2.45, 2.75) is 19.8 Å². The lowest BCUT2D eigenvalue weighted by molar-refractivity contribution is -0.123. The fourth-order valence-corrected chi connectivity index (χ4v) is 1.95. The molecule has 0 bridgehead atoms. The molecule has 6 heteroatoms. The van der Waals surface area contributed by atoms with Gasteiger partial charge in [0.15, 0.2) is 6.61 Å². The van der Waals surface area contributed by atoms with E-state index in [4.69, 9.17) is 4.74 Å². The largest absolute Gasteiger partial charge is 0.508 e. The number of nitrogens with one attached hydrogen (secondary N) is 1. The maximum atomic E-state index is 11.7. The lowest BCUT2D eigenvalue weighted by Crippen LogP contribution is -2.24. The van der Waals surface area contributed by atoms with Crippen LogP contribution in [0.1, 0.15) is 30.9 Å². The molecule has 0 aliphatic rings. The molecule has 0 fully saturated rings. The van der Waals surface area contributed by atoms with Gasteiger partial charge < -0.3 is 14.9 Å². The van der Waals surface area contributed by atoms with E-state index in [1.54, 1.807) is 0 Å². The molecular formula is C18H20N2O4. The van der Waals surface area contributed by atoms with Crippen LogP contribution in [-0.4, -0.2) is 28.9 Å². The number of carbonyl (C=O) groups is 1. The quantitative estimate of drug-likeness (QED) is 0.562. The van der Waals surface area contributed by atoms with Gasteiger partial charge in [-0.3, -0.25) is 4.79 Å². The Kier molecular flexibility index (Phi) is 5.78. The SMILES string of the molecule is CC(C)c1ccc(OCC(=O)N/N=C/c2ccc(O)cc2O)cc1. The zero-order valence-electron chi connectivity index (χ0n) is 13.6. The van der Waals surface area contributed by atoms with Crippen molar-refractivity contribution in [1.29, 1.82) is 0 Å². The van der Waals surface area contributed by atoms with Gasteiger partial charge in [-0.25, -0.2) is 5.43 Å². The number of rotatable bonds is 6. The molecule has 0 saturated carbocycles. The summed E-state index contributed by atoms with van der Waals surface area (Å²) in [6.07, 6.45) is 1.28. The number of hydrogen-bond acceptors (Lipinski definition) is 5. The lowest BCUT2D eigenvalue weighted by atomic mass is 10.0. The number of ether oxygens (including phenoxy) is 1. The Morgan fingerprint density at radius 3 is 2.54 bits per heavy atom. The number of amides is 1. The van der Waals surface area contributed by atoms with E-state index < -0.39 is 5.91 Å². The monoisotopic (exact) mass is 328 g/mol. The second-order valence-electron chi connectivity index (χ2n) is 5.55. The van der Waals surface area contributed by atoms with Crippen LogP contribution in [0.5, 0.6) is 17.2 Å². The Morgan fingerprint density at radius 1 is 1.21 bits per heavy atom. The van der Waals surface area contributed by atoms with Crippen molar-refractivity contribution in [2.75, 3.05) is 6.61 Å². The minimum absolute atomic E-state index is 0.0504. The van der Waals surface area contributed by atoms with Gasteiger partial charge in [-0.2, -0.15) is 5.10 Å². The van der Waals surface area contributed by atoms with Crippen molar-refractivity contribution in [1.82, 2.24) is 5.43 Å². The predicted molar refractivity (Wildman–Crippen MR) is 91.5 cm³/mol. The number of phenols is 2. The lowest BCUT2D eigenvalue weighted by Gasteiger charge is -2.08. The third kappa shape index (κ3) is 5.01. The molecule has 0 radical (unpaired) electrons. The number of nitrogens with zero attached hydrogens (tertiary/aromatic N) is 1. The van der Waals surface area contributed by atoms with E-state index in [0.29, 0.717) is 17.2 Å². The van der Waals surface area contributed by atoms with Crippen LogP contribution in [-0.2, 0) is 4.79 Å². The highest BCUT2D eigenvalue weighted by molar-refractivity contribution is 5.85. The molecule has 0 aliphatic carbocycles. The molecule has 0 heterocycles. The molecule has 2 aromatic rings. The highest BCUT2D eigenvalue weighted by Crippen LogP contribution is 2.20. The molecule has 3 N–H and O–H groups in total. The van der Waals surface area contributed by atoms with Gasteiger partial charge in [-0.1, -0.05) is 26.0 Å². The van der Waals surface area contributed by atoms with E-state index in [1.807, 2.05) is 24.3 Å². The van der Waals surface area contributed by atoms with Gasteiger partial charge in [0.25, 0.3) is 5.91 Å². The van der Waals surface area contributed by atoms with Crippen molar-refractivity contribution in [2.24, 2.45) is 5.10 Å². The normalized spacial score (nSPS) is 11.0. The highest BCUT2D eigenvalue weighted by atomic mass is 16.5. The van der Waals surface area contributed by atoms with Crippen LogP contribution in [0, 0.1) is 0 Å². The number of hydrazone groups is 1. The van der Waals surface area contributed by atoms with Crippen LogP contribution in [0.4, 0.5) is 0 Å². The molecule has 1 amide bonds. The van der Waals surface area contributed by atoms with Crippen molar-refractivity contribution in [3.8, 4) is 17.2 Å². The number of aromatic hydroxyl groups is 2. The van der Waals surface area contributed by atoms with Crippen LogP contribution < -0.4 is 10.2 Å². The summed E-state index contributed by atoms with van der Waals surface area (Å²) < 4.78 is 5.38. The number of hydrogen-bond donors (Lipinski definition) is 3. The van der Waals surface area contributed by atoms with Gasteiger partial charge in [-0.15, -0.1) is 0 Å². The molecule has 0 saturated heterocycles. The second-order valence-corrected chi connectivity index (χ2v) is 5.55. The molecule has 2 rings (SSSR count). The van der Waals surface area contributed by atoms with Gasteiger partial charge in [0.1, 0.15) is 17.2 Å². The van der Waals surface area contributed by atoms with Gasteiger partial charge in [-0.05, 0) is 35.7 Å². The zero-order chi connectivity index (χ0) is 17.5. The number of benzene rings is 2. The Hall–Kier alpha value is -3.02.